The maximum atomic E-state index is 14.4. The number of ketones is 2. The molecule has 3 atom stereocenters. The highest BCUT2D eigenvalue weighted by molar-refractivity contribution is 7.59. The number of hydrogen-bond acceptors (Lipinski definition) is 17. The van der Waals surface area contributed by atoms with Crippen LogP contribution in [-0.4, -0.2) is 138 Å². The van der Waals surface area contributed by atoms with Crippen molar-refractivity contribution >= 4 is 81.4 Å². The van der Waals surface area contributed by atoms with Crippen LogP contribution in [0.25, 0.3) is 0 Å². The Bertz CT molecular complexity index is 3930. The van der Waals surface area contributed by atoms with E-state index in [2.05, 4.69) is 174 Å². The molecular formula is C80H106N9O16S+. The van der Waals surface area contributed by atoms with Crippen LogP contribution in [0.3, 0.4) is 0 Å². The summed E-state index contributed by atoms with van der Waals surface area (Å²) in [7, 11) is -3.11. The fourth-order valence-electron chi connectivity index (χ4n) is 13.3. The van der Waals surface area contributed by atoms with E-state index < -0.39 is 47.1 Å². The zero-order chi connectivity index (χ0) is 78.0. The van der Waals surface area contributed by atoms with E-state index in [-0.39, 0.29) is 91.1 Å². The molecule has 0 unspecified atom stereocenters. The first-order chi connectivity index (χ1) is 50.7. The number of amides is 3. The van der Waals surface area contributed by atoms with Crippen LogP contribution in [0.5, 0.6) is 5.75 Å². The molecule has 4 aromatic rings. The number of carbonyl (C=O) groups is 6. The molecule has 7 rings (SSSR count). The minimum atomic E-state index is -3.11. The first kappa shape index (κ1) is 88.1. The van der Waals surface area contributed by atoms with Gasteiger partial charge in [-0.25, -0.2) is 9.59 Å². The number of guanidine groups is 1. The summed E-state index contributed by atoms with van der Waals surface area (Å²) in [4.78, 5) is 114. The largest absolute Gasteiger partial charge is 0.481 e. The topological polar surface area (TPSA) is 390 Å². The van der Waals surface area contributed by atoms with E-state index in [9.17, 15) is 33.9 Å². The number of anilines is 1. The number of para-hydroxylation sites is 2. The first-order valence-electron chi connectivity index (χ1n) is 36.4. The molecule has 3 aliphatic rings. The van der Waals surface area contributed by atoms with E-state index in [1.807, 2.05) is 30.3 Å². The third-order valence-corrected chi connectivity index (χ3v) is 18.7. The van der Waals surface area contributed by atoms with Gasteiger partial charge in [0.25, 0.3) is 0 Å². The van der Waals surface area contributed by atoms with Crippen LogP contribution in [0.1, 0.15) is 186 Å². The maximum absolute atomic E-state index is 14.4. The van der Waals surface area contributed by atoms with Crippen molar-refractivity contribution in [1.29, 1.82) is 0 Å². The lowest BCUT2D eigenvalue weighted by Crippen LogP contribution is -2.46. The lowest BCUT2D eigenvalue weighted by atomic mass is 9.81. The minimum Gasteiger partial charge on any atom is -0.481 e. The molecule has 2 aliphatic heterocycles. The summed E-state index contributed by atoms with van der Waals surface area (Å²) in [5.74, 6) is -1.29. The normalized spacial score (nSPS) is 15.3. The van der Waals surface area contributed by atoms with E-state index >= 15 is 0 Å². The van der Waals surface area contributed by atoms with Crippen molar-refractivity contribution < 1.29 is 80.1 Å². The van der Waals surface area contributed by atoms with Crippen LogP contribution >= 0.6 is 0 Å². The summed E-state index contributed by atoms with van der Waals surface area (Å²) >= 11 is 0. The number of nitrogens with zero attached hydrogens (tertiary/aromatic N) is 3. The third kappa shape index (κ3) is 30.1. The number of carboxylic acid groups (broad SMARTS) is 2. The van der Waals surface area contributed by atoms with Gasteiger partial charge in [0.05, 0.1) is 11.5 Å². The maximum Gasteiger partial charge on any atom is 0.425 e. The number of aliphatic imine (C=N–C) groups is 1. The van der Waals surface area contributed by atoms with Gasteiger partial charge in [0, 0.05) is 92.7 Å². The Morgan fingerprint density at radius 1 is 0.689 bits per heavy atom. The monoisotopic (exact) mass is 1480 g/mol. The average molecular weight is 1480 g/mol. The van der Waals surface area contributed by atoms with Gasteiger partial charge in [0.1, 0.15) is 29.9 Å². The second-order valence-corrected chi connectivity index (χ2v) is 27.7. The molecule has 2 heterocycles. The summed E-state index contributed by atoms with van der Waals surface area (Å²) in [6.45, 7) is 17.6. The molecule has 1 aliphatic carbocycles. The van der Waals surface area contributed by atoms with Crippen LogP contribution < -0.4 is 42.4 Å². The molecule has 0 bridgehead atoms. The number of nitrogens with two attached hydrogens (primary N) is 2. The number of ether oxygens (including phenoxy) is 1. The molecule has 0 radical (unpaired) electrons. The first-order valence-corrected chi connectivity index (χ1v) is 37.4. The summed E-state index contributed by atoms with van der Waals surface area (Å²) < 4.78 is 35.0. The standard InChI is InChI=1S/C78H105N9O9.2CO2.O3S/c1-7-9-20-51-87-67-34-18-16-32-63(67)78(5,6)70(87)44-39-59-28-21-27-58(38-43-69-77(3,4)62-31-15-17-33-66(62)86(69)50-10-8-2)73(59)96-61-40-36-55(37-41-61)46-49-81-54-57(26-22-47-82-75(79)80)53-68(89)65(52-56-24-12-11-13-25-56)84-71(90)35-19-14-29-60(88)30-23-48-83-76(95)85-64(74(93)94)42-45-72(91)92;2*2-1-3;1-4(2)3/h11-13,15-18,24-25,31-34,36-41,43-44,57,64-65,81H,7-10,14,19-23,26-30,35,42,45-54H2,1-6H3,(H8-,79,80,82,83,84,85,90,91,92,93,94,95);;;/p+1/t57-,64+,65+;;;/m1.../s1. The van der Waals surface area contributed by atoms with Crippen LogP contribution in [0.15, 0.2) is 155 Å². The number of fused-ring (bicyclic) bond motifs is 2. The van der Waals surface area contributed by atoms with Crippen molar-refractivity contribution in [2.75, 3.05) is 44.2 Å². The number of aliphatic carboxylic acids is 2. The summed E-state index contributed by atoms with van der Waals surface area (Å²) in [6.07, 6.45) is 22.1. The number of benzene rings is 4. The number of unbranched alkanes of at least 4 members (excludes halogenated alkanes) is 4. The highest BCUT2D eigenvalue weighted by Gasteiger charge is 2.44. The number of nitrogens with one attached hydrogen (secondary N) is 4. The molecule has 10 N–H and O–H groups in total. The Morgan fingerprint density at radius 3 is 1.99 bits per heavy atom. The lowest BCUT2D eigenvalue weighted by molar-refractivity contribution is -0.438. The number of urea groups is 1. The highest BCUT2D eigenvalue weighted by Crippen LogP contribution is 2.48. The van der Waals surface area contributed by atoms with Crippen molar-refractivity contribution in [2.24, 2.45) is 22.4 Å². The van der Waals surface area contributed by atoms with E-state index in [0.29, 0.717) is 58.2 Å². The molecular weight excluding hydrogens is 1370 g/mol. The fourth-order valence-corrected chi connectivity index (χ4v) is 13.3. The molecule has 572 valence electrons. The molecule has 0 saturated carbocycles. The number of carboxylic acids is 2. The fraction of sp³-hybridized carbons (Fsp3) is 0.475. The van der Waals surface area contributed by atoms with Crippen LogP contribution in [0.2, 0.25) is 0 Å². The van der Waals surface area contributed by atoms with Crippen LogP contribution in [0, 0.1) is 5.92 Å². The zero-order valence-electron chi connectivity index (χ0n) is 62.0. The Morgan fingerprint density at radius 2 is 1.33 bits per heavy atom. The quantitative estimate of drug-likeness (QED) is 0.00885. The van der Waals surface area contributed by atoms with Crippen molar-refractivity contribution in [2.45, 2.75) is 199 Å². The molecule has 0 spiro atoms. The lowest BCUT2D eigenvalue weighted by Gasteiger charge is -2.27. The predicted octanol–water partition coefficient (Wildman–Crippen LogP) is 10.6. The molecule has 4 aromatic carbocycles. The van der Waals surface area contributed by atoms with Gasteiger partial charge in [-0.1, -0.05) is 125 Å². The molecule has 0 aromatic heterocycles. The molecule has 3 amide bonds. The SMILES string of the molecule is CCCCC[N+]1=C(/C=C/C2=C(Oc3ccc(CCNC[C@H](CCCN=C(N)N)CC(=O)[C@H](Cc4ccccc4)NC(=O)CCCCC(=O)CCCNC(=O)N[C@@H](CCC(=O)O)C(=O)O)cc3)C(=C/C=C3/N(CCCC)c4ccccc4C3(C)C)/CCC2)C(C)(C)c2ccccc21.O=C=O.O=C=O.O=S(=O)=O. The summed E-state index contributed by atoms with van der Waals surface area (Å²) in [5, 5.41) is 29.6. The van der Waals surface area contributed by atoms with Crippen LogP contribution in [-0.2, 0) is 77.4 Å². The second kappa shape index (κ2) is 47.2. The summed E-state index contributed by atoms with van der Waals surface area (Å²) in [5.41, 5.74) is 23.4. The van der Waals surface area contributed by atoms with Gasteiger partial charge in [0.2, 0.25) is 11.6 Å². The molecule has 26 heteroatoms. The molecule has 106 heavy (non-hydrogen) atoms. The van der Waals surface area contributed by atoms with Gasteiger partial charge in [-0.15, -0.1) is 12.6 Å². The van der Waals surface area contributed by atoms with Gasteiger partial charge in [0.15, 0.2) is 17.5 Å². The Labute approximate surface area is 623 Å². The highest BCUT2D eigenvalue weighted by atomic mass is 32.2. The summed E-state index contributed by atoms with van der Waals surface area (Å²) in [6, 6.07) is 32.9. The van der Waals surface area contributed by atoms with E-state index in [4.69, 9.17) is 53.1 Å². The van der Waals surface area contributed by atoms with Crippen LogP contribution in [0.4, 0.5) is 16.2 Å². The van der Waals surface area contributed by atoms with Gasteiger partial charge in [-0.2, -0.15) is 23.8 Å². The van der Waals surface area contributed by atoms with Crippen molar-refractivity contribution in [3.63, 3.8) is 0 Å². The van der Waals surface area contributed by atoms with Crippen molar-refractivity contribution in [3.05, 3.63) is 172 Å². The smallest absolute Gasteiger partial charge is 0.425 e. The van der Waals surface area contributed by atoms with E-state index in [0.717, 1.165) is 87.1 Å². The third-order valence-electron chi connectivity index (χ3n) is 18.7. The number of Topliss-reactive ketones (excluding diaryl/α,β-unsaturated/α-hetero) is 2. The second-order valence-electron chi connectivity index (χ2n) is 27.3. The average Bonchev–Trinajstić information content (AvgIpc) is 1.60. The Kier molecular flexibility index (Phi) is 39.3. The molecule has 0 saturated heterocycles. The molecule has 0 fully saturated rings. The van der Waals surface area contributed by atoms with Gasteiger partial charge in [-0.3, -0.25) is 24.2 Å². The Balaban J connectivity index is 0.00000224. The van der Waals surface area contributed by atoms with Gasteiger partial charge >= 0.3 is 40.9 Å². The predicted molar refractivity (Wildman–Crippen MR) is 403 cm³/mol. The van der Waals surface area contributed by atoms with E-state index in [1.165, 1.54) is 51.5 Å². The van der Waals surface area contributed by atoms with Crippen molar-refractivity contribution in [3.8, 4) is 5.75 Å². The number of rotatable bonds is 41. The number of carbonyl (C=O) groups excluding carboxylic acids is 8. The molecule has 25 nitrogen and oxygen atoms in total. The zero-order valence-corrected chi connectivity index (χ0v) is 62.8. The van der Waals surface area contributed by atoms with Crippen molar-refractivity contribution in [1.82, 2.24) is 21.3 Å². The minimum absolute atomic E-state index is 0.0126. The number of hydrogen-bond donors (Lipinski definition) is 8. The van der Waals surface area contributed by atoms with Gasteiger partial charge < -0.3 is 52.6 Å². The Hall–Kier alpha value is -10.3. The van der Waals surface area contributed by atoms with E-state index in [1.54, 1.807) is 0 Å². The number of allylic oxidation sites excluding steroid dienone is 7. The van der Waals surface area contributed by atoms with Gasteiger partial charge in [-0.05, 0) is 175 Å².